The van der Waals surface area contributed by atoms with E-state index in [4.69, 9.17) is 9.78 Å². The van der Waals surface area contributed by atoms with Crippen molar-refractivity contribution in [1.29, 1.82) is 0 Å². The molecule has 0 aromatic rings. The highest BCUT2D eigenvalue weighted by molar-refractivity contribution is 5.68. The second-order valence-electron chi connectivity index (χ2n) is 5.74. The van der Waals surface area contributed by atoms with Crippen LogP contribution in [-0.2, 0) is 14.6 Å². The van der Waals surface area contributed by atoms with Crippen LogP contribution in [0, 0.1) is 5.41 Å². The summed E-state index contributed by atoms with van der Waals surface area (Å²) < 4.78 is 0. The van der Waals surface area contributed by atoms with Crippen molar-refractivity contribution in [2.24, 2.45) is 5.41 Å². The summed E-state index contributed by atoms with van der Waals surface area (Å²) in [5.41, 5.74) is -0.501. The second-order valence-corrected chi connectivity index (χ2v) is 5.74. The Morgan fingerprint density at radius 1 is 1.06 bits per heavy atom. The van der Waals surface area contributed by atoms with Crippen molar-refractivity contribution in [1.82, 2.24) is 0 Å². The van der Waals surface area contributed by atoms with Crippen LogP contribution in [0.25, 0.3) is 0 Å². The molecule has 3 nitrogen and oxygen atoms in total. The molecule has 0 aliphatic heterocycles. The largest absolute Gasteiger partial charge is 0.342 e. The van der Waals surface area contributed by atoms with Crippen molar-refractivity contribution >= 4 is 5.97 Å². The number of unbranched alkanes of at least 4 members (excludes halogenated alkanes) is 2. The van der Waals surface area contributed by atoms with E-state index < -0.39 is 5.60 Å². The Morgan fingerprint density at radius 2 is 1.65 bits per heavy atom. The molecule has 17 heavy (non-hydrogen) atoms. The first-order chi connectivity index (χ1) is 7.77. The lowest BCUT2D eigenvalue weighted by molar-refractivity contribution is -0.347. The maximum absolute atomic E-state index is 11.4. The van der Waals surface area contributed by atoms with Crippen LogP contribution in [0.1, 0.15) is 73.6 Å². The van der Waals surface area contributed by atoms with Gasteiger partial charge in [-0.05, 0) is 32.1 Å². The molecule has 0 rings (SSSR count). The van der Waals surface area contributed by atoms with Gasteiger partial charge in [0.15, 0.2) is 0 Å². The molecule has 0 bridgehead atoms. The third kappa shape index (κ3) is 5.53. The van der Waals surface area contributed by atoms with Crippen molar-refractivity contribution in [3.05, 3.63) is 0 Å². The third-order valence-corrected chi connectivity index (χ3v) is 3.84. The predicted octanol–water partition coefficient (Wildman–Crippen LogP) is 4.26. The van der Waals surface area contributed by atoms with Crippen LogP contribution >= 0.6 is 0 Å². The Labute approximate surface area is 106 Å². The molecule has 0 aliphatic carbocycles. The lowest BCUT2D eigenvalue weighted by Gasteiger charge is -2.38. The van der Waals surface area contributed by atoms with Gasteiger partial charge in [0.05, 0.1) is 0 Å². The number of rotatable bonds is 8. The average Bonchev–Trinajstić information content (AvgIpc) is 2.26. The van der Waals surface area contributed by atoms with Crippen molar-refractivity contribution in [2.45, 2.75) is 79.2 Å². The Bertz CT molecular complexity index is 232. The minimum absolute atomic E-state index is 0.0311. The first kappa shape index (κ1) is 16.4. The summed E-state index contributed by atoms with van der Waals surface area (Å²) in [6, 6.07) is 0. The van der Waals surface area contributed by atoms with E-state index in [0.29, 0.717) is 6.42 Å². The molecule has 0 radical (unpaired) electrons. The van der Waals surface area contributed by atoms with Gasteiger partial charge < -0.3 is 0 Å². The summed E-state index contributed by atoms with van der Waals surface area (Å²) in [7, 11) is 0. The summed E-state index contributed by atoms with van der Waals surface area (Å²) in [4.78, 5) is 21.7. The van der Waals surface area contributed by atoms with Gasteiger partial charge in [-0.1, -0.05) is 40.5 Å². The van der Waals surface area contributed by atoms with Crippen molar-refractivity contribution in [2.75, 3.05) is 0 Å². The van der Waals surface area contributed by atoms with Crippen molar-refractivity contribution in [3.8, 4) is 0 Å². The normalized spacial score (nSPS) is 12.6. The third-order valence-electron chi connectivity index (χ3n) is 3.84. The maximum Gasteiger partial charge on any atom is 0.342 e. The van der Waals surface area contributed by atoms with E-state index in [1.54, 1.807) is 0 Å². The summed E-state index contributed by atoms with van der Waals surface area (Å²) in [6.45, 7) is 12.3. The summed E-state index contributed by atoms with van der Waals surface area (Å²) >= 11 is 0. The van der Waals surface area contributed by atoms with E-state index in [1.165, 1.54) is 0 Å². The molecular weight excluding hydrogens is 216 g/mol. The van der Waals surface area contributed by atoms with Gasteiger partial charge in [0.25, 0.3) is 0 Å². The predicted molar refractivity (Wildman–Crippen MR) is 69.5 cm³/mol. The van der Waals surface area contributed by atoms with E-state index >= 15 is 0 Å². The van der Waals surface area contributed by atoms with Crippen LogP contribution in [0.5, 0.6) is 0 Å². The summed E-state index contributed by atoms with van der Waals surface area (Å²) in [5, 5.41) is 0. The number of hydrogen-bond acceptors (Lipinski definition) is 3. The molecule has 0 saturated heterocycles. The zero-order chi connectivity index (χ0) is 13.5. The fourth-order valence-electron chi connectivity index (χ4n) is 1.25. The lowest BCUT2D eigenvalue weighted by Crippen LogP contribution is -2.41. The molecule has 0 spiro atoms. The Balaban J connectivity index is 4.05. The van der Waals surface area contributed by atoms with Crippen LogP contribution in [0.15, 0.2) is 0 Å². The van der Waals surface area contributed by atoms with E-state index in [-0.39, 0.29) is 11.4 Å². The zero-order valence-corrected chi connectivity index (χ0v) is 12.3. The van der Waals surface area contributed by atoms with E-state index in [1.807, 2.05) is 13.8 Å². The molecule has 0 saturated carbocycles. The Hall–Kier alpha value is -0.570. The molecule has 0 fully saturated rings. The molecule has 3 heteroatoms. The number of carbonyl (C=O) groups is 1. The summed E-state index contributed by atoms with van der Waals surface area (Å²) in [5.74, 6) is -0.265. The van der Waals surface area contributed by atoms with Gasteiger partial charge in [-0.15, -0.1) is 0 Å². The van der Waals surface area contributed by atoms with Crippen LogP contribution < -0.4 is 0 Å². The van der Waals surface area contributed by atoms with Gasteiger partial charge in [-0.25, -0.2) is 4.79 Å². The Morgan fingerprint density at radius 3 is 2.12 bits per heavy atom. The zero-order valence-electron chi connectivity index (χ0n) is 12.3. The van der Waals surface area contributed by atoms with Crippen molar-refractivity contribution < 1.29 is 14.6 Å². The topological polar surface area (TPSA) is 35.5 Å². The highest BCUT2D eigenvalue weighted by atomic mass is 17.2. The number of carbonyl (C=O) groups excluding carboxylic acids is 1. The summed E-state index contributed by atoms with van der Waals surface area (Å²) in [6.07, 6.45) is 4.43. The lowest BCUT2D eigenvalue weighted by atomic mass is 9.75. The Kier molecular flexibility index (Phi) is 6.76. The van der Waals surface area contributed by atoms with Gasteiger partial charge in [-0.2, -0.15) is 4.89 Å². The van der Waals surface area contributed by atoms with Gasteiger partial charge in [0.1, 0.15) is 5.60 Å². The maximum atomic E-state index is 11.4. The monoisotopic (exact) mass is 244 g/mol. The second kappa shape index (κ2) is 7.00. The molecule has 0 aromatic carbocycles. The fourth-order valence-corrected chi connectivity index (χ4v) is 1.25. The van der Waals surface area contributed by atoms with Gasteiger partial charge in [-0.3, -0.25) is 4.89 Å². The van der Waals surface area contributed by atoms with E-state index in [0.717, 1.165) is 25.7 Å². The van der Waals surface area contributed by atoms with Crippen LogP contribution in [0.2, 0.25) is 0 Å². The van der Waals surface area contributed by atoms with Gasteiger partial charge in [0, 0.05) is 6.42 Å². The molecule has 0 amide bonds. The minimum atomic E-state index is -0.470. The first-order valence-electron chi connectivity index (χ1n) is 6.65. The minimum Gasteiger partial charge on any atom is -0.298 e. The molecule has 102 valence electrons. The quantitative estimate of drug-likeness (QED) is 0.363. The van der Waals surface area contributed by atoms with Crippen LogP contribution in [0.4, 0.5) is 0 Å². The van der Waals surface area contributed by atoms with E-state index in [9.17, 15) is 4.79 Å². The highest BCUT2D eigenvalue weighted by Gasteiger charge is 2.38. The van der Waals surface area contributed by atoms with Crippen LogP contribution in [0.3, 0.4) is 0 Å². The molecule has 0 aliphatic rings. The molecule has 0 aromatic heterocycles. The molecular formula is C14H28O3. The average molecular weight is 244 g/mol. The SMILES string of the molecule is CCCCCC(=O)OOC(C)(C)C(C)(C)CC. The highest BCUT2D eigenvalue weighted by Crippen LogP contribution is 2.36. The van der Waals surface area contributed by atoms with Crippen molar-refractivity contribution in [3.63, 3.8) is 0 Å². The van der Waals surface area contributed by atoms with Gasteiger partial charge in [0.2, 0.25) is 0 Å². The first-order valence-corrected chi connectivity index (χ1v) is 6.65. The molecule has 0 atom stereocenters. The molecule has 0 heterocycles. The number of hydrogen-bond donors (Lipinski definition) is 0. The van der Waals surface area contributed by atoms with E-state index in [2.05, 4.69) is 27.7 Å². The van der Waals surface area contributed by atoms with Crippen LogP contribution in [-0.4, -0.2) is 11.6 Å². The molecule has 0 N–H and O–H groups in total. The fraction of sp³-hybridized carbons (Fsp3) is 0.929. The van der Waals surface area contributed by atoms with Gasteiger partial charge >= 0.3 is 5.97 Å². The smallest absolute Gasteiger partial charge is 0.298 e. The molecule has 0 unspecified atom stereocenters. The standard InChI is InChI=1S/C14H28O3/c1-7-9-10-11-12(15)16-17-14(5,6)13(3,4)8-2/h7-11H2,1-6H3.